The van der Waals surface area contributed by atoms with Crippen LogP contribution in [-0.2, 0) is 6.42 Å². The number of hydrogen-bond acceptors (Lipinski definition) is 1. The van der Waals surface area contributed by atoms with Gasteiger partial charge in [-0.15, -0.1) is 6.58 Å². The average molecular weight is 312 g/mol. The summed E-state index contributed by atoms with van der Waals surface area (Å²) >= 11 is 0. The van der Waals surface area contributed by atoms with E-state index in [1.165, 1.54) is 75.3 Å². The van der Waals surface area contributed by atoms with Gasteiger partial charge in [0.1, 0.15) is 5.75 Å². The highest BCUT2D eigenvalue weighted by Gasteiger charge is 2.28. The van der Waals surface area contributed by atoms with E-state index in [4.69, 9.17) is 0 Å². The topological polar surface area (TPSA) is 20.2 Å². The minimum Gasteiger partial charge on any atom is -0.508 e. The second-order valence-electron chi connectivity index (χ2n) is 7.67. The Labute approximate surface area is 141 Å². The van der Waals surface area contributed by atoms with Crippen molar-refractivity contribution in [1.29, 1.82) is 0 Å². The normalized spacial score (nSPS) is 20.6. The Morgan fingerprint density at radius 3 is 2.00 bits per heavy atom. The summed E-state index contributed by atoms with van der Waals surface area (Å²) in [5.74, 6) is 1.87. The molecule has 0 aromatic heterocycles. The first-order valence-electron chi connectivity index (χ1n) is 9.68. The first kappa shape index (κ1) is 16.6. The number of hydrogen-bond donors (Lipinski definition) is 1. The molecule has 1 heteroatoms. The molecule has 1 nitrogen and oxygen atoms in total. The number of allylic oxidation sites excluding steroid dienone is 1. The second kappa shape index (κ2) is 7.55. The quantitative estimate of drug-likeness (QED) is 0.627. The summed E-state index contributed by atoms with van der Waals surface area (Å²) < 4.78 is 0. The zero-order valence-corrected chi connectivity index (χ0v) is 14.7. The standard InChI is InChI=1S/C22H32O/c1-3-10-19-15-20(23)16(2)21(17-11-6-4-7-12-17)22(19)18-13-8-5-9-14-18/h3,15,17-18,23H,1,4-14H2,2H3. The molecule has 0 amide bonds. The molecule has 1 aromatic carbocycles. The van der Waals surface area contributed by atoms with Crippen LogP contribution in [0.25, 0.3) is 0 Å². The molecule has 0 unspecified atom stereocenters. The maximum atomic E-state index is 10.5. The Hall–Kier alpha value is -1.24. The summed E-state index contributed by atoms with van der Waals surface area (Å²) in [4.78, 5) is 0. The van der Waals surface area contributed by atoms with Gasteiger partial charge < -0.3 is 5.11 Å². The molecule has 0 atom stereocenters. The van der Waals surface area contributed by atoms with Crippen molar-refractivity contribution in [3.8, 4) is 5.75 Å². The maximum Gasteiger partial charge on any atom is 0.119 e. The smallest absolute Gasteiger partial charge is 0.119 e. The summed E-state index contributed by atoms with van der Waals surface area (Å²) in [5, 5.41) is 10.5. The monoisotopic (exact) mass is 312 g/mol. The van der Waals surface area contributed by atoms with Crippen LogP contribution in [0, 0.1) is 6.92 Å². The van der Waals surface area contributed by atoms with Crippen molar-refractivity contribution in [1.82, 2.24) is 0 Å². The Balaban J connectivity index is 2.10. The van der Waals surface area contributed by atoms with Crippen molar-refractivity contribution < 1.29 is 5.11 Å². The predicted octanol–water partition coefficient (Wildman–Crippen LogP) is 6.52. The lowest BCUT2D eigenvalue weighted by Gasteiger charge is -2.33. The van der Waals surface area contributed by atoms with Crippen molar-refractivity contribution in [2.24, 2.45) is 0 Å². The molecule has 0 saturated heterocycles. The van der Waals surface area contributed by atoms with Crippen molar-refractivity contribution in [2.75, 3.05) is 0 Å². The highest BCUT2D eigenvalue weighted by molar-refractivity contribution is 5.52. The lowest BCUT2D eigenvalue weighted by Crippen LogP contribution is -2.16. The summed E-state index contributed by atoms with van der Waals surface area (Å²) in [6.45, 7) is 6.10. The number of aromatic hydroxyl groups is 1. The van der Waals surface area contributed by atoms with Crippen molar-refractivity contribution >= 4 is 0 Å². The molecular formula is C22H32O. The Kier molecular flexibility index (Phi) is 5.46. The van der Waals surface area contributed by atoms with Crippen LogP contribution in [0.15, 0.2) is 18.7 Å². The van der Waals surface area contributed by atoms with E-state index in [2.05, 4.69) is 13.5 Å². The first-order chi connectivity index (χ1) is 11.2. The predicted molar refractivity (Wildman–Crippen MR) is 98.4 cm³/mol. The van der Waals surface area contributed by atoms with E-state index in [0.717, 1.165) is 12.0 Å². The Morgan fingerprint density at radius 2 is 1.48 bits per heavy atom. The number of rotatable bonds is 4. The summed E-state index contributed by atoms with van der Waals surface area (Å²) in [5.41, 5.74) is 5.63. The van der Waals surface area contributed by atoms with Crippen LogP contribution in [0.1, 0.15) is 98.3 Å². The van der Waals surface area contributed by atoms with Crippen LogP contribution in [0.5, 0.6) is 5.75 Å². The average Bonchev–Trinajstić information content (AvgIpc) is 2.59. The van der Waals surface area contributed by atoms with Gasteiger partial charge in [0, 0.05) is 0 Å². The van der Waals surface area contributed by atoms with Gasteiger partial charge in [0.15, 0.2) is 0 Å². The molecule has 2 fully saturated rings. The molecule has 126 valence electrons. The molecule has 0 aliphatic heterocycles. The van der Waals surface area contributed by atoms with Crippen molar-refractivity contribution in [2.45, 2.75) is 89.4 Å². The molecule has 0 radical (unpaired) electrons. The van der Waals surface area contributed by atoms with Crippen LogP contribution in [0.2, 0.25) is 0 Å². The molecule has 2 saturated carbocycles. The lowest BCUT2D eigenvalue weighted by atomic mass is 9.72. The Morgan fingerprint density at radius 1 is 0.957 bits per heavy atom. The van der Waals surface area contributed by atoms with Crippen LogP contribution < -0.4 is 0 Å². The third-order valence-corrected chi connectivity index (χ3v) is 6.13. The molecule has 2 aliphatic carbocycles. The number of benzene rings is 1. The van der Waals surface area contributed by atoms with E-state index in [1.54, 1.807) is 5.56 Å². The molecule has 3 rings (SSSR count). The molecule has 0 heterocycles. The zero-order chi connectivity index (χ0) is 16.2. The fraction of sp³-hybridized carbons (Fsp3) is 0.636. The van der Waals surface area contributed by atoms with Gasteiger partial charge in [0.05, 0.1) is 0 Å². The minimum atomic E-state index is 0.502. The highest BCUT2D eigenvalue weighted by atomic mass is 16.3. The van der Waals surface area contributed by atoms with Crippen molar-refractivity contribution in [3.63, 3.8) is 0 Å². The van der Waals surface area contributed by atoms with Crippen LogP contribution in [-0.4, -0.2) is 5.11 Å². The van der Waals surface area contributed by atoms with Gasteiger partial charge >= 0.3 is 0 Å². The molecule has 0 bridgehead atoms. The molecular weight excluding hydrogens is 280 g/mol. The van der Waals surface area contributed by atoms with E-state index < -0.39 is 0 Å². The molecule has 0 spiro atoms. The van der Waals surface area contributed by atoms with E-state index >= 15 is 0 Å². The van der Waals surface area contributed by atoms with Crippen LogP contribution in [0.3, 0.4) is 0 Å². The molecule has 1 aromatic rings. The molecule has 23 heavy (non-hydrogen) atoms. The van der Waals surface area contributed by atoms with Crippen molar-refractivity contribution in [3.05, 3.63) is 41.0 Å². The highest BCUT2D eigenvalue weighted by Crippen LogP contribution is 2.46. The Bertz CT molecular complexity index is 546. The summed E-state index contributed by atoms with van der Waals surface area (Å²) in [6.07, 6.45) is 16.3. The van der Waals surface area contributed by atoms with E-state index in [9.17, 15) is 5.11 Å². The van der Waals surface area contributed by atoms with Crippen LogP contribution in [0.4, 0.5) is 0 Å². The maximum absolute atomic E-state index is 10.5. The van der Waals surface area contributed by atoms with Gasteiger partial charge in [-0.25, -0.2) is 0 Å². The van der Waals surface area contributed by atoms with E-state index in [1.807, 2.05) is 12.1 Å². The third kappa shape index (κ3) is 3.49. The van der Waals surface area contributed by atoms with E-state index in [-0.39, 0.29) is 0 Å². The van der Waals surface area contributed by atoms with Gasteiger partial charge in [-0.05, 0) is 79.2 Å². The number of phenols is 1. The van der Waals surface area contributed by atoms with Gasteiger partial charge in [-0.1, -0.05) is 44.6 Å². The first-order valence-corrected chi connectivity index (χ1v) is 9.68. The molecule has 1 N–H and O–H groups in total. The van der Waals surface area contributed by atoms with Crippen LogP contribution >= 0.6 is 0 Å². The largest absolute Gasteiger partial charge is 0.508 e. The van der Waals surface area contributed by atoms with E-state index in [0.29, 0.717) is 17.6 Å². The van der Waals surface area contributed by atoms with Gasteiger partial charge in [-0.3, -0.25) is 0 Å². The number of phenolic OH excluding ortho intramolecular Hbond substituents is 1. The lowest BCUT2D eigenvalue weighted by molar-refractivity contribution is 0.411. The van der Waals surface area contributed by atoms with Gasteiger partial charge in [0.25, 0.3) is 0 Å². The second-order valence-corrected chi connectivity index (χ2v) is 7.67. The molecule has 2 aliphatic rings. The fourth-order valence-electron chi connectivity index (χ4n) is 4.98. The summed E-state index contributed by atoms with van der Waals surface area (Å²) in [6, 6.07) is 2.03. The van der Waals surface area contributed by atoms with Gasteiger partial charge in [0.2, 0.25) is 0 Å². The minimum absolute atomic E-state index is 0.502. The zero-order valence-electron chi connectivity index (χ0n) is 14.7. The third-order valence-electron chi connectivity index (χ3n) is 6.13. The summed E-state index contributed by atoms with van der Waals surface area (Å²) in [7, 11) is 0. The van der Waals surface area contributed by atoms with Gasteiger partial charge in [-0.2, -0.15) is 0 Å². The fourth-order valence-corrected chi connectivity index (χ4v) is 4.98. The SMILES string of the molecule is C=CCc1cc(O)c(C)c(C2CCCCC2)c1C1CCCCC1.